The fraction of sp³-hybridized carbons (Fsp3) is 0.556. The molecule has 25 heavy (non-hydrogen) atoms. The molecule has 7 nitrogen and oxygen atoms in total. The number of piperazine rings is 1. The number of aliphatic hydroxyl groups excluding tert-OH is 1. The van der Waals surface area contributed by atoms with Crippen molar-refractivity contribution in [2.75, 3.05) is 39.4 Å². The van der Waals surface area contributed by atoms with Crippen LogP contribution < -0.4 is 4.74 Å². The average molecular weight is 349 g/mol. The number of amidine groups is 1. The van der Waals surface area contributed by atoms with E-state index in [0.29, 0.717) is 37.8 Å². The summed E-state index contributed by atoms with van der Waals surface area (Å²) in [6.07, 6.45) is -0.302. The van der Waals surface area contributed by atoms with Gasteiger partial charge >= 0.3 is 6.09 Å². The highest BCUT2D eigenvalue weighted by atomic mass is 16.6. The van der Waals surface area contributed by atoms with Crippen LogP contribution in [0.3, 0.4) is 0 Å². The maximum absolute atomic E-state index is 12.1. The molecule has 0 saturated carbocycles. The van der Waals surface area contributed by atoms with E-state index in [0.717, 1.165) is 5.56 Å². The molecule has 0 aromatic heterocycles. The van der Waals surface area contributed by atoms with Crippen LogP contribution >= 0.6 is 0 Å². The molecule has 0 spiro atoms. The van der Waals surface area contributed by atoms with Gasteiger partial charge < -0.3 is 24.4 Å². The van der Waals surface area contributed by atoms with Crippen LogP contribution in [0.25, 0.3) is 0 Å². The van der Waals surface area contributed by atoms with Gasteiger partial charge in [-0.3, -0.25) is 5.41 Å². The zero-order chi connectivity index (χ0) is 18.4. The summed E-state index contributed by atoms with van der Waals surface area (Å²) in [7, 11) is 0. The molecule has 1 aliphatic rings. The van der Waals surface area contributed by atoms with Crippen molar-refractivity contribution in [2.24, 2.45) is 0 Å². The largest absolute Gasteiger partial charge is 0.491 e. The van der Waals surface area contributed by atoms with Crippen molar-refractivity contribution in [2.45, 2.75) is 26.4 Å². The van der Waals surface area contributed by atoms with Crippen molar-refractivity contribution >= 4 is 11.9 Å². The molecule has 0 unspecified atom stereocenters. The number of aliphatic hydroxyl groups is 1. The smallest absolute Gasteiger partial charge is 0.410 e. The van der Waals surface area contributed by atoms with E-state index in [2.05, 4.69) is 0 Å². The third-order valence-electron chi connectivity index (χ3n) is 3.74. The van der Waals surface area contributed by atoms with Crippen molar-refractivity contribution in [1.29, 1.82) is 5.41 Å². The van der Waals surface area contributed by atoms with Crippen molar-refractivity contribution in [3.63, 3.8) is 0 Å². The summed E-state index contributed by atoms with van der Waals surface area (Å²) in [5.74, 6) is 1.10. The molecule has 138 valence electrons. The number of amides is 1. The number of nitrogens with one attached hydrogen (secondary N) is 1. The maximum atomic E-state index is 12.1. The third-order valence-corrected chi connectivity index (χ3v) is 3.74. The quantitative estimate of drug-likeness (QED) is 0.641. The molecule has 2 N–H and O–H groups in total. The Morgan fingerprint density at radius 1 is 1.12 bits per heavy atom. The highest BCUT2D eigenvalue weighted by Gasteiger charge is 2.26. The van der Waals surface area contributed by atoms with E-state index in [1.807, 2.05) is 37.8 Å². The Kier molecular flexibility index (Phi) is 6.25. The van der Waals surface area contributed by atoms with E-state index in [1.165, 1.54) is 0 Å². The van der Waals surface area contributed by atoms with Gasteiger partial charge in [-0.05, 0) is 45.0 Å². The summed E-state index contributed by atoms with van der Waals surface area (Å²) in [6, 6.07) is 7.23. The van der Waals surface area contributed by atoms with Gasteiger partial charge in [0.25, 0.3) is 0 Å². The molecule has 0 atom stereocenters. The van der Waals surface area contributed by atoms with Crippen LogP contribution in [0.4, 0.5) is 4.79 Å². The van der Waals surface area contributed by atoms with E-state index >= 15 is 0 Å². The third kappa shape index (κ3) is 5.63. The Labute approximate surface area is 148 Å². The topological polar surface area (TPSA) is 86.1 Å². The second-order valence-electron chi connectivity index (χ2n) is 6.90. The lowest BCUT2D eigenvalue weighted by molar-refractivity contribution is 0.0187. The van der Waals surface area contributed by atoms with Gasteiger partial charge in [0, 0.05) is 31.7 Å². The molecule has 1 aromatic carbocycles. The molecule has 1 heterocycles. The van der Waals surface area contributed by atoms with Crippen molar-refractivity contribution < 1.29 is 19.4 Å². The number of hydrogen-bond donors (Lipinski definition) is 2. The molecule has 2 rings (SSSR count). The monoisotopic (exact) mass is 349 g/mol. The molecular formula is C18H27N3O4. The summed E-state index contributed by atoms with van der Waals surface area (Å²) in [5.41, 5.74) is 0.294. The summed E-state index contributed by atoms with van der Waals surface area (Å²) in [4.78, 5) is 15.7. The Bertz CT molecular complexity index is 587. The Hall–Kier alpha value is -2.28. The summed E-state index contributed by atoms with van der Waals surface area (Å²) < 4.78 is 10.7. The molecule has 1 aromatic rings. The number of benzene rings is 1. The fourth-order valence-corrected chi connectivity index (χ4v) is 2.49. The zero-order valence-electron chi connectivity index (χ0n) is 15.1. The molecular weight excluding hydrogens is 322 g/mol. The first-order valence-corrected chi connectivity index (χ1v) is 8.45. The van der Waals surface area contributed by atoms with E-state index in [4.69, 9.17) is 20.0 Å². The minimum absolute atomic E-state index is 0.0283. The normalized spacial score (nSPS) is 15.0. The SMILES string of the molecule is CC(C)(C)OC(=O)N1CCN(C(=N)c2ccc(OCCO)cc2)CC1. The highest BCUT2D eigenvalue weighted by molar-refractivity contribution is 5.96. The Balaban J connectivity index is 1.87. The van der Waals surface area contributed by atoms with Gasteiger partial charge in [-0.1, -0.05) is 0 Å². The number of nitrogens with zero attached hydrogens (tertiary/aromatic N) is 2. The molecule has 0 radical (unpaired) electrons. The van der Waals surface area contributed by atoms with Crippen LogP contribution in [0.5, 0.6) is 5.75 Å². The second kappa shape index (κ2) is 8.20. The number of rotatable bonds is 4. The number of ether oxygens (including phenoxy) is 2. The molecule has 0 bridgehead atoms. The molecule has 7 heteroatoms. The lowest BCUT2D eigenvalue weighted by Gasteiger charge is -2.36. The first-order valence-electron chi connectivity index (χ1n) is 8.45. The van der Waals surface area contributed by atoms with Crippen LogP contribution in [-0.2, 0) is 4.74 Å². The van der Waals surface area contributed by atoms with Gasteiger partial charge in [-0.15, -0.1) is 0 Å². The van der Waals surface area contributed by atoms with Crippen LogP contribution in [0.15, 0.2) is 24.3 Å². The molecule has 1 aliphatic heterocycles. The van der Waals surface area contributed by atoms with Crippen LogP contribution in [-0.4, -0.2) is 71.8 Å². The van der Waals surface area contributed by atoms with Gasteiger partial charge in [-0.25, -0.2) is 4.79 Å². The molecule has 1 fully saturated rings. The lowest BCUT2D eigenvalue weighted by Crippen LogP contribution is -2.51. The fourth-order valence-electron chi connectivity index (χ4n) is 2.49. The predicted molar refractivity (Wildman–Crippen MR) is 95.2 cm³/mol. The Morgan fingerprint density at radius 2 is 1.68 bits per heavy atom. The van der Waals surface area contributed by atoms with Gasteiger partial charge in [-0.2, -0.15) is 0 Å². The number of carbonyl (C=O) groups excluding carboxylic acids is 1. The average Bonchev–Trinajstić information content (AvgIpc) is 2.58. The van der Waals surface area contributed by atoms with Gasteiger partial charge in [0.2, 0.25) is 0 Å². The molecule has 1 saturated heterocycles. The van der Waals surface area contributed by atoms with Gasteiger partial charge in [0.05, 0.1) is 6.61 Å². The van der Waals surface area contributed by atoms with Gasteiger partial charge in [0.1, 0.15) is 23.8 Å². The van der Waals surface area contributed by atoms with Crippen LogP contribution in [0.2, 0.25) is 0 Å². The second-order valence-corrected chi connectivity index (χ2v) is 6.90. The van der Waals surface area contributed by atoms with E-state index < -0.39 is 5.60 Å². The van der Waals surface area contributed by atoms with Gasteiger partial charge in [0.15, 0.2) is 0 Å². The van der Waals surface area contributed by atoms with E-state index in [1.54, 1.807) is 17.0 Å². The van der Waals surface area contributed by atoms with Crippen molar-refractivity contribution in [3.05, 3.63) is 29.8 Å². The Morgan fingerprint density at radius 3 is 2.20 bits per heavy atom. The molecule has 0 aliphatic carbocycles. The zero-order valence-corrected chi connectivity index (χ0v) is 15.1. The minimum atomic E-state index is -0.499. The summed E-state index contributed by atoms with van der Waals surface area (Å²) >= 11 is 0. The highest BCUT2D eigenvalue weighted by Crippen LogP contribution is 2.16. The van der Waals surface area contributed by atoms with E-state index in [-0.39, 0.29) is 19.3 Å². The van der Waals surface area contributed by atoms with Crippen LogP contribution in [0, 0.1) is 5.41 Å². The van der Waals surface area contributed by atoms with Crippen molar-refractivity contribution in [1.82, 2.24) is 9.80 Å². The maximum Gasteiger partial charge on any atom is 0.410 e. The summed E-state index contributed by atoms with van der Waals surface area (Å²) in [5, 5.41) is 17.1. The lowest BCUT2D eigenvalue weighted by atomic mass is 10.1. The number of carbonyl (C=O) groups is 1. The predicted octanol–water partition coefficient (Wildman–Crippen LogP) is 1.94. The first-order chi connectivity index (χ1) is 11.8. The minimum Gasteiger partial charge on any atom is -0.491 e. The first kappa shape index (κ1) is 19.1. The summed E-state index contributed by atoms with van der Waals surface area (Å²) in [6.45, 7) is 8.05. The molecule has 1 amide bonds. The number of hydrogen-bond acceptors (Lipinski definition) is 5. The standard InChI is InChI=1S/C18H27N3O4/c1-18(2,3)25-17(23)21-10-8-20(9-11-21)16(19)14-4-6-15(7-5-14)24-13-12-22/h4-7,19,22H,8-13H2,1-3H3. The van der Waals surface area contributed by atoms with E-state index in [9.17, 15) is 4.79 Å². The van der Waals surface area contributed by atoms with Crippen LogP contribution in [0.1, 0.15) is 26.3 Å². The van der Waals surface area contributed by atoms with Crippen molar-refractivity contribution in [3.8, 4) is 5.75 Å².